The Labute approximate surface area is 177 Å². The number of aromatic nitrogens is 4. The standard InChI is InChI=1S/C22H22N6O3/c1-14-4-6-16(7-5-14)13-28-18-19(26(2)22(31)27(3)20(18)30)24-21(28)25-23-12-15-8-10-17(29)11-9-15/h4-12,29H,13H2,1-3H3,(H,24,25)/b23-12-. The van der Waals surface area contributed by atoms with E-state index in [2.05, 4.69) is 15.5 Å². The van der Waals surface area contributed by atoms with Crippen LogP contribution in [0.1, 0.15) is 16.7 Å². The predicted octanol–water partition coefficient (Wildman–Crippen LogP) is 1.94. The number of benzene rings is 2. The summed E-state index contributed by atoms with van der Waals surface area (Å²) in [5.74, 6) is 0.505. The molecule has 0 aliphatic heterocycles. The molecule has 0 aliphatic carbocycles. The molecule has 2 N–H and O–H groups in total. The van der Waals surface area contributed by atoms with Crippen LogP contribution in [0.5, 0.6) is 5.75 Å². The van der Waals surface area contributed by atoms with Crippen molar-refractivity contribution in [3.8, 4) is 5.75 Å². The highest BCUT2D eigenvalue weighted by Gasteiger charge is 2.19. The maximum absolute atomic E-state index is 12.9. The number of aromatic hydroxyl groups is 1. The lowest BCUT2D eigenvalue weighted by Gasteiger charge is -2.09. The molecule has 0 saturated carbocycles. The van der Waals surface area contributed by atoms with Crippen LogP contribution in [-0.2, 0) is 20.6 Å². The molecule has 0 saturated heterocycles. The molecule has 0 spiro atoms. The second kappa shape index (κ2) is 7.94. The van der Waals surface area contributed by atoms with Gasteiger partial charge in [-0.25, -0.2) is 10.2 Å². The van der Waals surface area contributed by atoms with Crippen molar-refractivity contribution in [3.05, 3.63) is 86.1 Å². The molecule has 31 heavy (non-hydrogen) atoms. The number of hydrogen-bond acceptors (Lipinski definition) is 6. The van der Waals surface area contributed by atoms with E-state index >= 15 is 0 Å². The average Bonchev–Trinajstić information content (AvgIpc) is 3.12. The van der Waals surface area contributed by atoms with Crippen LogP contribution in [0.15, 0.2) is 63.2 Å². The number of aryl methyl sites for hydroxylation is 2. The zero-order chi connectivity index (χ0) is 22.1. The van der Waals surface area contributed by atoms with Crippen LogP contribution in [0.3, 0.4) is 0 Å². The Kier molecular flexibility index (Phi) is 5.16. The number of phenols is 1. The van der Waals surface area contributed by atoms with Crippen LogP contribution in [0.4, 0.5) is 5.95 Å². The number of rotatable bonds is 5. The van der Waals surface area contributed by atoms with E-state index in [4.69, 9.17) is 0 Å². The van der Waals surface area contributed by atoms with Crippen LogP contribution in [-0.4, -0.2) is 30.0 Å². The quantitative estimate of drug-likeness (QED) is 0.381. The number of imidazole rings is 1. The normalized spacial score (nSPS) is 11.5. The largest absolute Gasteiger partial charge is 0.508 e. The molecule has 0 amide bonds. The Morgan fingerprint density at radius 3 is 2.39 bits per heavy atom. The summed E-state index contributed by atoms with van der Waals surface area (Å²) in [6.45, 7) is 2.38. The number of nitrogens with zero attached hydrogens (tertiary/aromatic N) is 5. The van der Waals surface area contributed by atoms with Crippen molar-refractivity contribution < 1.29 is 5.11 Å². The van der Waals surface area contributed by atoms with Crippen LogP contribution >= 0.6 is 0 Å². The van der Waals surface area contributed by atoms with E-state index in [-0.39, 0.29) is 11.4 Å². The highest BCUT2D eigenvalue weighted by molar-refractivity contribution is 5.80. The summed E-state index contributed by atoms with van der Waals surface area (Å²) in [5, 5.41) is 13.6. The van der Waals surface area contributed by atoms with Crippen LogP contribution in [0, 0.1) is 6.92 Å². The molecule has 4 rings (SSSR count). The number of hydrazone groups is 1. The lowest BCUT2D eigenvalue weighted by atomic mass is 10.1. The summed E-state index contributed by atoms with van der Waals surface area (Å²) >= 11 is 0. The van der Waals surface area contributed by atoms with Crippen LogP contribution in [0.2, 0.25) is 0 Å². The Morgan fingerprint density at radius 1 is 1.03 bits per heavy atom. The summed E-state index contributed by atoms with van der Waals surface area (Å²) in [5.41, 5.74) is 5.49. The van der Waals surface area contributed by atoms with E-state index in [1.165, 1.54) is 11.6 Å². The first-order valence-electron chi connectivity index (χ1n) is 9.65. The number of nitrogens with one attached hydrogen (secondary N) is 1. The summed E-state index contributed by atoms with van der Waals surface area (Å²) < 4.78 is 4.13. The molecule has 2 aromatic carbocycles. The molecule has 158 valence electrons. The highest BCUT2D eigenvalue weighted by Crippen LogP contribution is 2.18. The smallest absolute Gasteiger partial charge is 0.332 e. The minimum Gasteiger partial charge on any atom is -0.508 e. The molecular formula is C22H22N6O3. The van der Waals surface area contributed by atoms with Gasteiger partial charge in [-0.2, -0.15) is 10.1 Å². The fourth-order valence-corrected chi connectivity index (χ4v) is 3.29. The van der Waals surface area contributed by atoms with E-state index in [0.717, 1.165) is 21.3 Å². The molecule has 0 fully saturated rings. The van der Waals surface area contributed by atoms with Gasteiger partial charge in [-0.3, -0.25) is 18.5 Å². The molecule has 0 aliphatic rings. The van der Waals surface area contributed by atoms with E-state index < -0.39 is 11.2 Å². The first-order chi connectivity index (χ1) is 14.8. The summed E-state index contributed by atoms with van der Waals surface area (Å²) in [4.78, 5) is 29.7. The Hall–Kier alpha value is -4.14. The molecule has 4 aromatic rings. The van der Waals surface area contributed by atoms with Gasteiger partial charge in [0.2, 0.25) is 5.95 Å². The number of fused-ring (bicyclic) bond motifs is 1. The molecule has 0 atom stereocenters. The molecule has 2 heterocycles. The van der Waals surface area contributed by atoms with Gasteiger partial charge in [0, 0.05) is 14.1 Å². The number of hydrogen-bond donors (Lipinski definition) is 2. The van der Waals surface area contributed by atoms with Crippen molar-refractivity contribution in [2.24, 2.45) is 19.2 Å². The van der Waals surface area contributed by atoms with Crippen molar-refractivity contribution in [3.63, 3.8) is 0 Å². The Morgan fingerprint density at radius 2 is 1.71 bits per heavy atom. The minimum absolute atomic E-state index is 0.168. The fourth-order valence-electron chi connectivity index (χ4n) is 3.29. The minimum atomic E-state index is -0.448. The van der Waals surface area contributed by atoms with Gasteiger partial charge in [0.25, 0.3) is 5.56 Å². The fraction of sp³-hybridized carbons (Fsp3) is 0.182. The number of anilines is 1. The maximum Gasteiger partial charge on any atom is 0.332 e. The highest BCUT2D eigenvalue weighted by atomic mass is 16.3. The van der Waals surface area contributed by atoms with Crippen molar-refractivity contribution >= 4 is 23.3 Å². The molecule has 0 radical (unpaired) electrons. The van der Waals surface area contributed by atoms with Gasteiger partial charge in [-0.1, -0.05) is 29.8 Å². The monoisotopic (exact) mass is 418 g/mol. The first-order valence-corrected chi connectivity index (χ1v) is 9.65. The molecule has 9 nitrogen and oxygen atoms in total. The second-order valence-electron chi connectivity index (χ2n) is 7.35. The topological polar surface area (TPSA) is 106 Å². The van der Waals surface area contributed by atoms with Gasteiger partial charge in [0.15, 0.2) is 11.2 Å². The predicted molar refractivity (Wildman–Crippen MR) is 120 cm³/mol. The van der Waals surface area contributed by atoms with Gasteiger partial charge < -0.3 is 5.11 Å². The Balaban J connectivity index is 1.80. The van der Waals surface area contributed by atoms with Crippen molar-refractivity contribution in [1.82, 2.24) is 18.7 Å². The van der Waals surface area contributed by atoms with Crippen molar-refractivity contribution in [2.75, 3.05) is 5.43 Å². The molecule has 0 bridgehead atoms. The molecule has 9 heteroatoms. The van der Waals surface area contributed by atoms with Gasteiger partial charge in [-0.15, -0.1) is 0 Å². The van der Waals surface area contributed by atoms with E-state index in [9.17, 15) is 14.7 Å². The first kappa shape index (κ1) is 20.1. The SMILES string of the molecule is Cc1ccc(Cn2c(N/N=C\c3ccc(O)cc3)nc3c2c(=O)n(C)c(=O)n3C)cc1. The van der Waals surface area contributed by atoms with Crippen molar-refractivity contribution in [1.29, 1.82) is 0 Å². The molecule has 0 unspecified atom stereocenters. The Bertz CT molecular complexity index is 1390. The average molecular weight is 418 g/mol. The zero-order valence-corrected chi connectivity index (χ0v) is 17.4. The third-order valence-corrected chi connectivity index (χ3v) is 5.08. The molecule has 2 aromatic heterocycles. The van der Waals surface area contributed by atoms with E-state index in [0.29, 0.717) is 18.0 Å². The third kappa shape index (κ3) is 3.85. The summed E-state index contributed by atoms with van der Waals surface area (Å²) in [6.07, 6.45) is 1.58. The van der Waals surface area contributed by atoms with Crippen LogP contribution < -0.4 is 16.7 Å². The lowest BCUT2D eigenvalue weighted by molar-refractivity contribution is 0.475. The van der Waals surface area contributed by atoms with Gasteiger partial charge in [0.1, 0.15) is 5.75 Å². The van der Waals surface area contributed by atoms with E-state index in [1.807, 2.05) is 31.2 Å². The van der Waals surface area contributed by atoms with Gasteiger partial charge in [0.05, 0.1) is 12.8 Å². The maximum atomic E-state index is 12.9. The lowest BCUT2D eigenvalue weighted by Crippen LogP contribution is -2.37. The third-order valence-electron chi connectivity index (χ3n) is 5.08. The van der Waals surface area contributed by atoms with Crippen molar-refractivity contribution in [2.45, 2.75) is 13.5 Å². The van der Waals surface area contributed by atoms with Crippen LogP contribution in [0.25, 0.3) is 11.2 Å². The second-order valence-corrected chi connectivity index (χ2v) is 7.35. The van der Waals surface area contributed by atoms with Gasteiger partial charge in [-0.05, 0) is 42.3 Å². The molecular weight excluding hydrogens is 396 g/mol. The van der Waals surface area contributed by atoms with Gasteiger partial charge >= 0.3 is 5.69 Å². The summed E-state index contributed by atoms with van der Waals surface area (Å²) in [6, 6.07) is 14.5. The van der Waals surface area contributed by atoms with E-state index in [1.54, 1.807) is 42.1 Å². The zero-order valence-electron chi connectivity index (χ0n) is 17.4. The number of phenolic OH excluding ortho intramolecular Hbond substituents is 1. The summed E-state index contributed by atoms with van der Waals surface area (Å²) in [7, 11) is 3.03.